The summed E-state index contributed by atoms with van der Waals surface area (Å²) in [5, 5.41) is 6.33. The zero-order valence-electron chi connectivity index (χ0n) is 12.5. The van der Waals surface area contributed by atoms with Crippen molar-refractivity contribution in [3.63, 3.8) is 0 Å². The summed E-state index contributed by atoms with van der Waals surface area (Å²) in [4.78, 5) is 4.33. The molecule has 0 bridgehead atoms. The Kier molecular flexibility index (Phi) is 4.02. The summed E-state index contributed by atoms with van der Waals surface area (Å²) in [6, 6.07) is 9.22. The van der Waals surface area contributed by atoms with Crippen LogP contribution in [0, 0.1) is 11.8 Å². The predicted molar refractivity (Wildman–Crippen MR) is 84.7 cm³/mol. The third kappa shape index (κ3) is 2.57. The minimum absolute atomic E-state index is 0.470. The van der Waals surface area contributed by atoms with Crippen molar-refractivity contribution in [2.45, 2.75) is 39.2 Å². The Morgan fingerprint density at radius 1 is 1.30 bits per heavy atom. The van der Waals surface area contributed by atoms with Crippen molar-refractivity contribution in [2.75, 3.05) is 6.54 Å². The minimum Gasteiger partial charge on any atom is -0.310 e. The molecule has 3 rings (SSSR count). The number of pyridine rings is 1. The van der Waals surface area contributed by atoms with Gasteiger partial charge < -0.3 is 5.32 Å². The first-order valence-corrected chi connectivity index (χ1v) is 7.85. The summed E-state index contributed by atoms with van der Waals surface area (Å²) in [6.07, 6.45) is 7.96. The van der Waals surface area contributed by atoms with Crippen molar-refractivity contribution in [1.29, 1.82) is 0 Å². The average molecular weight is 268 g/mol. The van der Waals surface area contributed by atoms with E-state index in [1.807, 2.05) is 12.4 Å². The second-order valence-corrected chi connectivity index (χ2v) is 6.16. The minimum atomic E-state index is 0.470. The van der Waals surface area contributed by atoms with E-state index < -0.39 is 0 Å². The molecule has 1 fully saturated rings. The van der Waals surface area contributed by atoms with Crippen LogP contribution in [-0.4, -0.2) is 11.5 Å². The van der Waals surface area contributed by atoms with E-state index in [1.165, 1.54) is 35.6 Å². The third-order valence-electron chi connectivity index (χ3n) is 4.68. The van der Waals surface area contributed by atoms with Gasteiger partial charge >= 0.3 is 0 Å². The maximum Gasteiger partial charge on any atom is 0.0355 e. The Balaban J connectivity index is 2.01. The molecule has 1 aliphatic carbocycles. The molecule has 0 amide bonds. The van der Waals surface area contributed by atoms with Crippen LogP contribution in [0.4, 0.5) is 0 Å². The molecular weight excluding hydrogens is 244 g/mol. The van der Waals surface area contributed by atoms with E-state index >= 15 is 0 Å². The molecule has 0 radical (unpaired) electrons. The van der Waals surface area contributed by atoms with Gasteiger partial charge in [0.15, 0.2) is 0 Å². The van der Waals surface area contributed by atoms with Crippen molar-refractivity contribution < 1.29 is 0 Å². The number of nitrogens with zero attached hydrogens (tertiary/aromatic N) is 1. The van der Waals surface area contributed by atoms with Gasteiger partial charge in [-0.15, -0.1) is 0 Å². The molecule has 3 atom stereocenters. The molecule has 2 nitrogen and oxygen atoms in total. The molecule has 0 spiro atoms. The fourth-order valence-corrected chi connectivity index (χ4v) is 3.71. The molecule has 2 aromatic rings. The first-order valence-electron chi connectivity index (χ1n) is 7.85. The molecule has 3 unspecified atom stereocenters. The summed E-state index contributed by atoms with van der Waals surface area (Å²) in [7, 11) is 0. The fourth-order valence-electron chi connectivity index (χ4n) is 3.71. The monoisotopic (exact) mass is 268 g/mol. The van der Waals surface area contributed by atoms with Gasteiger partial charge in [0.25, 0.3) is 0 Å². The number of rotatable bonds is 4. The van der Waals surface area contributed by atoms with E-state index in [0.717, 1.165) is 18.4 Å². The van der Waals surface area contributed by atoms with E-state index in [0.29, 0.717) is 6.04 Å². The number of hydrogen-bond acceptors (Lipinski definition) is 2. The highest BCUT2D eigenvalue weighted by atomic mass is 14.9. The second kappa shape index (κ2) is 5.92. The Labute approximate surface area is 121 Å². The van der Waals surface area contributed by atoms with Gasteiger partial charge in [-0.1, -0.05) is 38.5 Å². The highest BCUT2D eigenvalue weighted by molar-refractivity contribution is 5.85. The molecule has 1 aromatic heterocycles. The molecule has 0 saturated heterocycles. The fraction of sp³-hybridized carbons (Fsp3) is 0.500. The topological polar surface area (TPSA) is 24.9 Å². The van der Waals surface area contributed by atoms with Gasteiger partial charge in [-0.2, -0.15) is 0 Å². The molecular formula is C18H24N2. The maximum absolute atomic E-state index is 4.33. The summed E-state index contributed by atoms with van der Waals surface area (Å²) >= 11 is 0. The van der Waals surface area contributed by atoms with Crippen LogP contribution in [0.5, 0.6) is 0 Å². The van der Waals surface area contributed by atoms with Crippen molar-refractivity contribution in [3.05, 3.63) is 42.2 Å². The normalized spacial score (nSPS) is 24.1. The average Bonchev–Trinajstić information content (AvgIpc) is 2.91. The zero-order chi connectivity index (χ0) is 13.9. The summed E-state index contributed by atoms with van der Waals surface area (Å²) in [5.41, 5.74) is 1.43. The van der Waals surface area contributed by atoms with Crippen LogP contribution >= 0.6 is 0 Å². The summed E-state index contributed by atoms with van der Waals surface area (Å²) in [6.45, 7) is 5.61. The SMILES string of the molecule is CCNC(c1cccc2ccncc12)C1CCC(C)C1. The van der Waals surface area contributed by atoms with Crippen molar-refractivity contribution in [1.82, 2.24) is 10.3 Å². The first kappa shape index (κ1) is 13.6. The lowest BCUT2D eigenvalue weighted by atomic mass is 9.88. The lowest BCUT2D eigenvalue weighted by molar-refractivity contribution is 0.367. The molecule has 2 heteroatoms. The highest BCUT2D eigenvalue weighted by Gasteiger charge is 2.30. The van der Waals surface area contributed by atoms with Crippen LogP contribution in [0.1, 0.15) is 44.7 Å². The van der Waals surface area contributed by atoms with Crippen LogP contribution in [-0.2, 0) is 0 Å². The molecule has 106 valence electrons. The van der Waals surface area contributed by atoms with Gasteiger partial charge in [-0.3, -0.25) is 4.98 Å². The van der Waals surface area contributed by atoms with Crippen molar-refractivity contribution >= 4 is 10.8 Å². The van der Waals surface area contributed by atoms with Crippen LogP contribution < -0.4 is 5.32 Å². The van der Waals surface area contributed by atoms with Crippen molar-refractivity contribution in [2.24, 2.45) is 11.8 Å². The summed E-state index contributed by atoms with van der Waals surface area (Å²) < 4.78 is 0. The molecule has 20 heavy (non-hydrogen) atoms. The molecule has 0 aliphatic heterocycles. The predicted octanol–water partition coefficient (Wildman–Crippen LogP) is 4.32. The first-order chi connectivity index (χ1) is 9.79. The van der Waals surface area contributed by atoms with Gasteiger partial charge in [0.2, 0.25) is 0 Å². The Morgan fingerprint density at radius 2 is 2.20 bits per heavy atom. The van der Waals surface area contributed by atoms with E-state index in [2.05, 4.69) is 48.4 Å². The van der Waals surface area contributed by atoms with E-state index in [-0.39, 0.29) is 0 Å². The van der Waals surface area contributed by atoms with Gasteiger partial charge in [0.1, 0.15) is 0 Å². The number of hydrogen-bond donors (Lipinski definition) is 1. The lowest BCUT2D eigenvalue weighted by Gasteiger charge is -2.26. The van der Waals surface area contributed by atoms with Crippen LogP contribution in [0.2, 0.25) is 0 Å². The maximum atomic E-state index is 4.33. The van der Waals surface area contributed by atoms with Gasteiger partial charge in [-0.05, 0) is 48.2 Å². The van der Waals surface area contributed by atoms with Gasteiger partial charge in [0, 0.05) is 23.8 Å². The number of nitrogens with one attached hydrogen (secondary N) is 1. The van der Waals surface area contributed by atoms with E-state index in [1.54, 1.807) is 0 Å². The lowest BCUT2D eigenvalue weighted by Crippen LogP contribution is -2.27. The van der Waals surface area contributed by atoms with E-state index in [4.69, 9.17) is 0 Å². The molecule has 1 saturated carbocycles. The van der Waals surface area contributed by atoms with Crippen LogP contribution in [0.3, 0.4) is 0 Å². The molecule has 1 aliphatic rings. The van der Waals surface area contributed by atoms with Crippen LogP contribution in [0.15, 0.2) is 36.7 Å². The zero-order valence-corrected chi connectivity index (χ0v) is 12.5. The quantitative estimate of drug-likeness (QED) is 0.893. The largest absolute Gasteiger partial charge is 0.310 e. The van der Waals surface area contributed by atoms with E-state index in [9.17, 15) is 0 Å². The Morgan fingerprint density at radius 3 is 2.95 bits per heavy atom. The number of fused-ring (bicyclic) bond motifs is 1. The standard InChI is InChI=1S/C18H24N2/c1-3-20-18(15-8-7-13(2)11-15)16-6-4-5-14-9-10-19-12-17(14)16/h4-6,9-10,12-13,15,18,20H,3,7-8,11H2,1-2H3. The highest BCUT2D eigenvalue weighted by Crippen LogP contribution is 2.40. The third-order valence-corrected chi connectivity index (χ3v) is 4.68. The Hall–Kier alpha value is -1.41. The second-order valence-electron chi connectivity index (χ2n) is 6.16. The molecule has 1 N–H and O–H groups in total. The number of benzene rings is 1. The van der Waals surface area contributed by atoms with Crippen LogP contribution in [0.25, 0.3) is 10.8 Å². The number of aromatic nitrogens is 1. The van der Waals surface area contributed by atoms with Gasteiger partial charge in [-0.25, -0.2) is 0 Å². The Bertz CT molecular complexity index is 573. The smallest absolute Gasteiger partial charge is 0.0355 e. The van der Waals surface area contributed by atoms with Gasteiger partial charge in [0.05, 0.1) is 0 Å². The molecule has 1 heterocycles. The summed E-state index contributed by atoms with van der Waals surface area (Å²) in [5.74, 6) is 1.63. The van der Waals surface area contributed by atoms with Crippen molar-refractivity contribution in [3.8, 4) is 0 Å². The molecule has 1 aromatic carbocycles.